The predicted octanol–water partition coefficient (Wildman–Crippen LogP) is 12.5. The molecule has 0 saturated heterocycles. The fourth-order valence-electron chi connectivity index (χ4n) is 10.2. The van der Waals surface area contributed by atoms with Crippen molar-refractivity contribution in [2.24, 2.45) is 0 Å². The summed E-state index contributed by atoms with van der Waals surface area (Å²) in [6.45, 7) is 3.80. The Morgan fingerprint density at radius 1 is 0.333 bits per heavy atom. The van der Waals surface area contributed by atoms with E-state index in [9.17, 15) is 0 Å². The van der Waals surface area contributed by atoms with Crippen LogP contribution < -0.4 is 0 Å². The average Bonchev–Trinajstić information content (AvgIpc) is 3.98. The van der Waals surface area contributed by atoms with Gasteiger partial charge in [0.25, 0.3) is 0 Å². The van der Waals surface area contributed by atoms with E-state index < -0.39 is 0 Å². The Hall–Kier alpha value is -5.70. The van der Waals surface area contributed by atoms with Gasteiger partial charge >= 0.3 is 0 Å². The maximum Gasteiger partial charge on any atom is 0.0731 e. The molecule has 0 N–H and O–H groups in total. The van der Waals surface area contributed by atoms with Gasteiger partial charge in [0.2, 0.25) is 0 Å². The summed E-state index contributed by atoms with van der Waals surface area (Å²) in [6.07, 6.45) is 0. The number of rotatable bonds is 12. The second-order valence-corrected chi connectivity index (χ2v) is 15.8. The zero-order valence-electron chi connectivity index (χ0n) is 34.7. The lowest BCUT2D eigenvalue weighted by molar-refractivity contribution is 0.134. The number of methoxy groups -OCH3 is 4. The normalized spacial score (nSPS) is 13.5. The number of benzene rings is 8. The minimum Gasteiger partial charge on any atom is -0.380 e. The molecule has 0 atom stereocenters. The summed E-state index contributed by atoms with van der Waals surface area (Å²) in [5.41, 5.74) is 18.7. The minimum atomic E-state index is 0.425. The lowest BCUT2D eigenvalue weighted by Gasteiger charge is -2.26. The van der Waals surface area contributed by atoms with Gasteiger partial charge in [0.15, 0.2) is 0 Å². The highest BCUT2D eigenvalue weighted by Crippen LogP contribution is 2.51. The molecule has 0 aliphatic carbocycles. The first-order chi connectivity index (χ1) is 29.7. The predicted molar refractivity (Wildman–Crippen MR) is 241 cm³/mol. The van der Waals surface area contributed by atoms with Crippen molar-refractivity contribution in [1.82, 2.24) is 0 Å². The first-order valence-corrected chi connectivity index (χ1v) is 20.7. The van der Waals surface area contributed by atoms with Gasteiger partial charge in [-0.1, -0.05) is 121 Å². The van der Waals surface area contributed by atoms with E-state index in [-0.39, 0.29) is 0 Å². The molecule has 8 aromatic carbocycles. The van der Waals surface area contributed by atoms with Crippen molar-refractivity contribution in [3.63, 3.8) is 0 Å². The van der Waals surface area contributed by atoms with E-state index in [0.29, 0.717) is 52.9 Å². The Kier molecular flexibility index (Phi) is 10.5. The molecular formula is C54H48O6. The Bertz CT molecular complexity index is 2740. The molecule has 0 spiro atoms. The lowest BCUT2D eigenvalue weighted by atomic mass is 9.78. The van der Waals surface area contributed by atoms with Crippen molar-refractivity contribution in [1.29, 1.82) is 0 Å². The van der Waals surface area contributed by atoms with Crippen LogP contribution in [0, 0.1) is 0 Å². The SMILES string of the molecule is COCc1c(COC)c(-c2ccc(-c3c(COC)c(COC)c(-c4cccc5ccccc45)c4c3COC4)c3ccccc23)c2c(c1-c1cccc3ccccc13)COC2. The highest BCUT2D eigenvalue weighted by Gasteiger charge is 2.33. The first kappa shape index (κ1) is 38.5. The fraction of sp³-hybridized carbons (Fsp3) is 0.222. The van der Waals surface area contributed by atoms with Crippen LogP contribution in [0.4, 0.5) is 0 Å². The van der Waals surface area contributed by atoms with Crippen molar-refractivity contribution in [2.75, 3.05) is 28.4 Å². The Balaban J connectivity index is 1.25. The van der Waals surface area contributed by atoms with Crippen LogP contribution in [-0.2, 0) is 81.3 Å². The zero-order valence-corrected chi connectivity index (χ0v) is 34.7. The van der Waals surface area contributed by atoms with E-state index in [1.54, 1.807) is 28.4 Å². The summed E-state index contributed by atoms with van der Waals surface area (Å²) in [5, 5.41) is 7.14. The highest BCUT2D eigenvalue weighted by molar-refractivity contribution is 6.09. The summed E-state index contributed by atoms with van der Waals surface area (Å²) in [7, 11) is 7.12. The monoisotopic (exact) mass is 792 g/mol. The molecule has 6 heteroatoms. The number of ether oxygens (including phenoxy) is 6. The third-order valence-corrected chi connectivity index (χ3v) is 12.6. The van der Waals surface area contributed by atoms with E-state index in [2.05, 4.69) is 121 Å². The molecule has 0 saturated carbocycles. The molecule has 0 amide bonds. The molecule has 0 aromatic heterocycles. The van der Waals surface area contributed by atoms with Crippen LogP contribution in [0.2, 0.25) is 0 Å². The van der Waals surface area contributed by atoms with Crippen molar-refractivity contribution < 1.29 is 28.4 Å². The zero-order chi connectivity index (χ0) is 40.7. The van der Waals surface area contributed by atoms with E-state index >= 15 is 0 Å². The largest absolute Gasteiger partial charge is 0.380 e. The van der Waals surface area contributed by atoms with Crippen LogP contribution in [0.25, 0.3) is 76.8 Å². The average molecular weight is 793 g/mol. The molecule has 0 radical (unpaired) electrons. The Morgan fingerprint density at radius 3 is 0.950 bits per heavy atom. The lowest BCUT2D eigenvalue weighted by Crippen LogP contribution is -2.10. The van der Waals surface area contributed by atoms with Gasteiger partial charge < -0.3 is 28.4 Å². The molecule has 6 nitrogen and oxygen atoms in total. The Morgan fingerprint density at radius 2 is 0.617 bits per heavy atom. The number of hydrogen-bond acceptors (Lipinski definition) is 6. The maximum atomic E-state index is 6.41. The minimum absolute atomic E-state index is 0.425. The molecule has 2 aliphatic rings. The molecule has 10 rings (SSSR count). The second kappa shape index (κ2) is 16.4. The maximum absolute atomic E-state index is 6.41. The summed E-state index contributed by atoms with van der Waals surface area (Å²) >= 11 is 0. The van der Waals surface area contributed by atoms with Crippen LogP contribution >= 0.6 is 0 Å². The van der Waals surface area contributed by atoms with Crippen molar-refractivity contribution >= 4 is 32.3 Å². The first-order valence-electron chi connectivity index (χ1n) is 20.7. The van der Waals surface area contributed by atoms with Gasteiger partial charge in [0, 0.05) is 28.4 Å². The second-order valence-electron chi connectivity index (χ2n) is 15.8. The van der Waals surface area contributed by atoms with Crippen LogP contribution in [0.15, 0.2) is 121 Å². The molecule has 0 fully saturated rings. The van der Waals surface area contributed by atoms with E-state index in [0.717, 1.165) is 44.2 Å². The van der Waals surface area contributed by atoms with Crippen molar-refractivity contribution in [3.8, 4) is 44.5 Å². The smallest absolute Gasteiger partial charge is 0.0731 e. The van der Waals surface area contributed by atoms with Crippen LogP contribution in [-0.4, -0.2) is 28.4 Å². The molecular weight excluding hydrogens is 745 g/mol. The molecule has 2 aliphatic heterocycles. The van der Waals surface area contributed by atoms with Gasteiger partial charge in [-0.25, -0.2) is 0 Å². The topological polar surface area (TPSA) is 55.4 Å². The van der Waals surface area contributed by atoms with Gasteiger partial charge in [-0.05, 0) is 121 Å². The van der Waals surface area contributed by atoms with Crippen molar-refractivity contribution in [2.45, 2.75) is 52.9 Å². The summed E-state index contributed by atoms with van der Waals surface area (Å²) < 4.78 is 37.1. The van der Waals surface area contributed by atoms with Crippen LogP contribution in [0.1, 0.15) is 44.5 Å². The molecule has 8 aromatic rings. The summed E-state index contributed by atoms with van der Waals surface area (Å²) in [4.78, 5) is 0. The standard InChI is InChI=1S/C54H48O6/c1-55-25-43-45(27-57-3)53(49-31-59-29-47(49)51(43)39-21-11-15-33-13-5-7-17-35(33)39)41-23-24-42(38-20-10-9-19-37(38)41)54-46(28-58-4)44(26-56-2)52(48-30-60-32-50(48)54)40-22-12-16-34-14-6-8-18-36(34)40/h5-24H,25-32H2,1-4H3. The van der Waals surface area contributed by atoms with E-state index in [1.807, 2.05) is 0 Å². The van der Waals surface area contributed by atoms with E-state index in [4.69, 9.17) is 28.4 Å². The van der Waals surface area contributed by atoms with Gasteiger partial charge in [-0.15, -0.1) is 0 Å². The van der Waals surface area contributed by atoms with Crippen molar-refractivity contribution in [3.05, 3.63) is 166 Å². The summed E-state index contributed by atoms with van der Waals surface area (Å²) in [6, 6.07) is 43.8. The number of fused-ring (bicyclic) bond motifs is 5. The Labute approximate surface area is 351 Å². The molecule has 60 heavy (non-hydrogen) atoms. The summed E-state index contributed by atoms with van der Waals surface area (Å²) in [5.74, 6) is 0. The molecule has 0 bridgehead atoms. The van der Waals surface area contributed by atoms with Gasteiger partial charge in [0.1, 0.15) is 0 Å². The molecule has 300 valence electrons. The third kappa shape index (κ3) is 6.26. The van der Waals surface area contributed by atoms with E-state index in [1.165, 1.54) is 77.2 Å². The quantitative estimate of drug-likeness (QED) is 0.123. The fourth-order valence-corrected chi connectivity index (χ4v) is 10.2. The highest BCUT2D eigenvalue weighted by atomic mass is 16.5. The molecule has 2 heterocycles. The number of hydrogen-bond donors (Lipinski definition) is 0. The van der Waals surface area contributed by atoms with Gasteiger partial charge in [-0.2, -0.15) is 0 Å². The van der Waals surface area contributed by atoms with Crippen LogP contribution in [0.5, 0.6) is 0 Å². The molecule has 0 unspecified atom stereocenters. The van der Waals surface area contributed by atoms with Gasteiger partial charge in [0.05, 0.1) is 52.9 Å². The van der Waals surface area contributed by atoms with Gasteiger partial charge in [-0.3, -0.25) is 0 Å². The third-order valence-electron chi connectivity index (χ3n) is 12.6. The van der Waals surface area contributed by atoms with Crippen LogP contribution in [0.3, 0.4) is 0 Å².